The van der Waals surface area contributed by atoms with E-state index < -0.39 is 0 Å². The second kappa shape index (κ2) is 7.91. The van der Waals surface area contributed by atoms with E-state index in [2.05, 4.69) is 11.5 Å². The first-order valence-electron chi connectivity index (χ1n) is 9.76. The molecule has 0 aliphatic carbocycles. The van der Waals surface area contributed by atoms with Crippen LogP contribution in [0.2, 0.25) is 0 Å². The number of hydrogen-bond donors (Lipinski definition) is 0. The zero-order valence-electron chi connectivity index (χ0n) is 15.8. The molecule has 142 valence electrons. The number of nitrogens with zero attached hydrogens (tertiary/aromatic N) is 2. The van der Waals surface area contributed by atoms with Crippen molar-refractivity contribution in [3.8, 4) is 5.75 Å². The molecule has 0 N–H and O–H groups in total. The third-order valence-electron chi connectivity index (χ3n) is 5.35. The van der Waals surface area contributed by atoms with Gasteiger partial charge in [0.1, 0.15) is 11.4 Å². The number of fused-ring (bicyclic) bond motifs is 1. The van der Waals surface area contributed by atoms with E-state index in [1.165, 1.54) is 0 Å². The van der Waals surface area contributed by atoms with Crippen LogP contribution in [0.25, 0.3) is 11.1 Å². The van der Waals surface area contributed by atoms with Crippen molar-refractivity contribution < 1.29 is 13.9 Å². The van der Waals surface area contributed by atoms with Gasteiger partial charge in [0.15, 0.2) is 5.58 Å². The molecule has 0 saturated carbocycles. The Morgan fingerprint density at radius 3 is 2.74 bits per heavy atom. The van der Waals surface area contributed by atoms with E-state index in [0.717, 1.165) is 61.4 Å². The van der Waals surface area contributed by atoms with Gasteiger partial charge in [-0.2, -0.15) is 0 Å². The molecule has 3 aromatic rings. The van der Waals surface area contributed by atoms with Crippen molar-refractivity contribution in [2.45, 2.75) is 32.7 Å². The summed E-state index contributed by atoms with van der Waals surface area (Å²) >= 11 is 0. The van der Waals surface area contributed by atoms with Gasteiger partial charge in [0.2, 0.25) is 0 Å². The van der Waals surface area contributed by atoms with Crippen molar-refractivity contribution in [3.05, 3.63) is 54.4 Å². The van der Waals surface area contributed by atoms with Gasteiger partial charge in [-0.1, -0.05) is 25.1 Å². The van der Waals surface area contributed by atoms with Gasteiger partial charge in [-0.3, -0.25) is 4.79 Å². The Morgan fingerprint density at radius 1 is 1.19 bits per heavy atom. The Labute approximate surface area is 159 Å². The van der Waals surface area contributed by atoms with Gasteiger partial charge in [-0.05, 0) is 37.3 Å². The number of carbonyl (C=O) groups is 1. The van der Waals surface area contributed by atoms with Crippen LogP contribution in [-0.2, 0) is 6.54 Å². The van der Waals surface area contributed by atoms with E-state index in [1.54, 1.807) is 6.26 Å². The maximum absolute atomic E-state index is 13.1. The van der Waals surface area contributed by atoms with Crippen LogP contribution in [0.15, 0.2) is 53.1 Å². The average molecular weight is 366 g/mol. The summed E-state index contributed by atoms with van der Waals surface area (Å²) < 4.78 is 13.4. The number of ether oxygens (including phenoxy) is 1. The summed E-state index contributed by atoms with van der Waals surface area (Å²) in [4.78, 5) is 15.1. The van der Waals surface area contributed by atoms with Gasteiger partial charge < -0.3 is 18.6 Å². The van der Waals surface area contributed by atoms with Gasteiger partial charge in [-0.25, -0.2) is 0 Å². The van der Waals surface area contributed by atoms with Crippen molar-refractivity contribution in [1.29, 1.82) is 0 Å². The molecule has 1 saturated heterocycles. The van der Waals surface area contributed by atoms with Crippen LogP contribution in [0.4, 0.5) is 0 Å². The van der Waals surface area contributed by atoms with Crippen LogP contribution in [-0.4, -0.2) is 35.1 Å². The minimum atomic E-state index is 0.109. The van der Waals surface area contributed by atoms with E-state index in [0.29, 0.717) is 12.5 Å². The lowest BCUT2D eigenvalue weighted by Crippen LogP contribution is -2.38. The number of para-hydroxylation sites is 1. The van der Waals surface area contributed by atoms with Crippen molar-refractivity contribution in [1.82, 2.24) is 9.47 Å². The maximum Gasteiger partial charge on any atom is 0.270 e. The van der Waals surface area contributed by atoms with Crippen molar-refractivity contribution in [2.75, 3.05) is 19.7 Å². The van der Waals surface area contributed by atoms with E-state index >= 15 is 0 Å². The van der Waals surface area contributed by atoms with Crippen LogP contribution in [0.5, 0.6) is 5.75 Å². The smallest absolute Gasteiger partial charge is 0.270 e. The molecule has 1 aromatic carbocycles. The topological polar surface area (TPSA) is 47.6 Å². The van der Waals surface area contributed by atoms with Crippen LogP contribution in [0, 0.1) is 5.92 Å². The zero-order valence-corrected chi connectivity index (χ0v) is 15.8. The average Bonchev–Trinajstić information content (AvgIpc) is 3.28. The SMILES string of the molecule is CC1CCN(C(=O)c2cc3occc3n2CCCOc2ccccc2)CC1. The van der Waals surface area contributed by atoms with Gasteiger partial charge in [-0.15, -0.1) is 0 Å². The molecule has 0 atom stereocenters. The summed E-state index contributed by atoms with van der Waals surface area (Å²) in [5.41, 5.74) is 2.47. The van der Waals surface area contributed by atoms with Crippen molar-refractivity contribution in [3.63, 3.8) is 0 Å². The van der Waals surface area contributed by atoms with Crippen LogP contribution in [0.3, 0.4) is 0 Å². The lowest BCUT2D eigenvalue weighted by molar-refractivity contribution is 0.0686. The second-order valence-corrected chi connectivity index (χ2v) is 7.34. The Bertz CT molecular complexity index is 889. The standard InChI is InChI=1S/C22H26N2O3/c1-17-8-12-23(13-9-17)22(25)20-16-21-19(10-15-27-21)24(20)11-5-14-26-18-6-3-2-4-7-18/h2-4,6-7,10,15-17H,5,8-9,11-14H2,1H3. The van der Waals surface area contributed by atoms with Gasteiger partial charge in [0, 0.05) is 31.8 Å². The normalized spacial score (nSPS) is 15.4. The lowest BCUT2D eigenvalue weighted by Gasteiger charge is -2.30. The molecular weight excluding hydrogens is 340 g/mol. The molecule has 27 heavy (non-hydrogen) atoms. The van der Waals surface area contributed by atoms with E-state index in [9.17, 15) is 4.79 Å². The Hall–Kier alpha value is -2.69. The second-order valence-electron chi connectivity index (χ2n) is 7.34. The number of amides is 1. The number of hydrogen-bond acceptors (Lipinski definition) is 3. The third-order valence-corrected chi connectivity index (χ3v) is 5.35. The largest absolute Gasteiger partial charge is 0.494 e. The molecule has 1 amide bonds. The molecule has 1 aliphatic rings. The lowest BCUT2D eigenvalue weighted by atomic mass is 9.99. The van der Waals surface area contributed by atoms with Crippen molar-refractivity contribution in [2.24, 2.45) is 5.92 Å². The third kappa shape index (κ3) is 3.87. The van der Waals surface area contributed by atoms with Crippen LogP contribution >= 0.6 is 0 Å². The highest BCUT2D eigenvalue weighted by atomic mass is 16.5. The minimum absolute atomic E-state index is 0.109. The van der Waals surface area contributed by atoms with Crippen molar-refractivity contribution >= 4 is 17.0 Å². The summed E-state index contributed by atoms with van der Waals surface area (Å²) in [6.45, 7) is 5.26. The zero-order chi connectivity index (χ0) is 18.6. The van der Waals surface area contributed by atoms with Crippen LogP contribution < -0.4 is 4.74 Å². The number of piperidine rings is 1. The highest BCUT2D eigenvalue weighted by Crippen LogP contribution is 2.25. The quantitative estimate of drug-likeness (QED) is 0.600. The number of aromatic nitrogens is 1. The van der Waals surface area contributed by atoms with E-state index in [-0.39, 0.29) is 5.91 Å². The molecule has 3 heterocycles. The summed E-state index contributed by atoms with van der Waals surface area (Å²) in [5.74, 6) is 1.68. The molecule has 4 rings (SSSR count). The molecule has 1 aliphatic heterocycles. The summed E-state index contributed by atoms with van der Waals surface area (Å²) in [5, 5.41) is 0. The Kier molecular flexibility index (Phi) is 5.19. The number of rotatable bonds is 6. The highest BCUT2D eigenvalue weighted by molar-refractivity contribution is 5.97. The summed E-state index contributed by atoms with van der Waals surface area (Å²) in [7, 11) is 0. The minimum Gasteiger partial charge on any atom is -0.494 e. The number of carbonyl (C=O) groups excluding carboxylic acids is 1. The molecule has 5 heteroatoms. The molecule has 0 radical (unpaired) electrons. The van der Waals surface area contributed by atoms with E-state index in [1.807, 2.05) is 47.4 Å². The van der Waals surface area contributed by atoms with E-state index in [4.69, 9.17) is 9.15 Å². The van der Waals surface area contributed by atoms with Gasteiger partial charge in [0.25, 0.3) is 5.91 Å². The number of furan rings is 1. The Morgan fingerprint density at radius 2 is 1.96 bits per heavy atom. The van der Waals surface area contributed by atoms with Gasteiger partial charge in [0.05, 0.1) is 18.4 Å². The predicted molar refractivity (Wildman–Crippen MR) is 105 cm³/mol. The predicted octanol–water partition coefficient (Wildman–Crippen LogP) is 4.58. The molecule has 0 spiro atoms. The fourth-order valence-electron chi connectivity index (χ4n) is 3.70. The first-order chi connectivity index (χ1) is 13.2. The molecular formula is C22H26N2O3. The molecule has 5 nitrogen and oxygen atoms in total. The first kappa shape index (κ1) is 17.7. The number of benzene rings is 1. The summed E-state index contributed by atoms with van der Waals surface area (Å²) in [6.07, 6.45) is 4.65. The number of aryl methyl sites for hydroxylation is 1. The maximum atomic E-state index is 13.1. The highest BCUT2D eigenvalue weighted by Gasteiger charge is 2.25. The monoisotopic (exact) mass is 366 g/mol. The summed E-state index contributed by atoms with van der Waals surface area (Å²) in [6, 6.07) is 13.6. The molecule has 0 unspecified atom stereocenters. The fourth-order valence-corrected chi connectivity index (χ4v) is 3.70. The Balaban J connectivity index is 1.45. The fraction of sp³-hybridized carbons (Fsp3) is 0.409. The first-order valence-corrected chi connectivity index (χ1v) is 9.76. The molecule has 2 aromatic heterocycles. The molecule has 1 fully saturated rings. The number of likely N-dealkylation sites (tertiary alicyclic amines) is 1. The molecule has 0 bridgehead atoms. The van der Waals surface area contributed by atoms with Gasteiger partial charge >= 0.3 is 0 Å². The van der Waals surface area contributed by atoms with Crippen LogP contribution in [0.1, 0.15) is 36.7 Å².